The molecule has 1 N–H and O–H groups in total. The fourth-order valence-electron chi connectivity index (χ4n) is 2.48. The van der Waals surface area contributed by atoms with Crippen molar-refractivity contribution in [3.05, 3.63) is 36.0 Å². The van der Waals surface area contributed by atoms with Crippen molar-refractivity contribution in [2.45, 2.75) is 6.92 Å². The average Bonchev–Trinajstić information content (AvgIpc) is 2.67. The lowest BCUT2D eigenvalue weighted by atomic mass is 10.2. The summed E-state index contributed by atoms with van der Waals surface area (Å²) in [6.07, 6.45) is 1.15. The molecule has 8 nitrogen and oxygen atoms in total. The predicted octanol–water partition coefficient (Wildman–Crippen LogP) is 1.82. The van der Waals surface area contributed by atoms with Gasteiger partial charge in [-0.2, -0.15) is 5.26 Å². The van der Waals surface area contributed by atoms with Gasteiger partial charge in [-0.15, -0.1) is 0 Å². The van der Waals surface area contributed by atoms with Crippen LogP contribution in [-0.4, -0.2) is 61.7 Å². The van der Waals surface area contributed by atoms with Crippen LogP contribution < -0.4 is 10.1 Å². The first-order chi connectivity index (χ1) is 12.6. The van der Waals surface area contributed by atoms with E-state index in [1.54, 1.807) is 29.2 Å². The lowest BCUT2D eigenvalue weighted by molar-refractivity contribution is -0.112. The van der Waals surface area contributed by atoms with Crippen LogP contribution >= 0.6 is 0 Å². The number of nitriles is 1. The highest BCUT2D eigenvalue weighted by atomic mass is 16.5. The largest absolute Gasteiger partial charge is 0.494 e. The van der Waals surface area contributed by atoms with E-state index in [0.29, 0.717) is 44.2 Å². The van der Waals surface area contributed by atoms with Gasteiger partial charge in [-0.1, -0.05) is 0 Å². The lowest BCUT2D eigenvalue weighted by Crippen LogP contribution is -2.47. The fourth-order valence-corrected chi connectivity index (χ4v) is 2.48. The van der Waals surface area contributed by atoms with Gasteiger partial charge < -0.3 is 24.6 Å². The molecule has 0 unspecified atom stereocenters. The standard InChI is InChI=1S/C18H22N4O4/c1-3-26-16-6-4-15(5-7-16)20-17(23)14(12-19)13-21-8-10-22(11-9-21)18(24)25-2/h4-7,13H,3,8-11H2,1-2H3,(H,20,23)/b14-13-. The third kappa shape index (κ3) is 5.14. The van der Waals surface area contributed by atoms with Gasteiger partial charge in [-0.05, 0) is 31.2 Å². The van der Waals surface area contributed by atoms with Gasteiger partial charge in [0, 0.05) is 38.1 Å². The van der Waals surface area contributed by atoms with E-state index in [1.165, 1.54) is 13.3 Å². The van der Waals surface area contributed by atoms with Gasteiger partial charge in [0.1, 0.15) is 17.4 Å². The quantitative estimate of drug-likeness (QED) is 0.637. The van der Waals surface area contributed by atoms with E-state index in [9.17, 15) is 14.9 Å². The highest BCUT2D eigenvalue weighted by molar-refractivity contribution is 6.06. The number of piperazine rings is 1. The number of hydrogen-bond donors (Lipinski definition) is 1. The van der Waals surface area contributed by atoms with E-state index in [2.05, 4.69) is 10.1 Å². The van der Waals surface area contributed by atoms with Crippen LogP contribution in [-0.2, 0) is 9.53 Å². The van der Waals surface area contributed by atoms with Crippen LogP contribution in [0.2, 0.25) is 0 Å². The van der Waals surface area contributed by atoms with Crippen LogP contribution in [0, 0.1) is 11.3 Å². The summed E-state index contributed by atoms with van der Waals surface area (Å²) < 4.78 is 10.0. The molecule has 26 heavy (non-hydrogen) atoms. The molecule has 0 atom stereocenters. The zero-order valence-electron chi connectivity index (χ0n) is 14.9. The average molecular weight is 358 g/mol. The van der Waals surface area contributed by atoms with E-state index >= 15 is 0 Å². The van der Waals surface area contributed by atoms with Crippen molar-refractivity contribution in [2.75, 3.05) is 45.2 Å². The molecule has 2 rings (SSSR count). The Balaban J connectivity index is 1.95. The van der Waals surface area contributed by atoms with Crippen molar-refractivity contribution < 1.29 is 19.1 Å². The maximum atomic E-state index is 12.3. The third-order valence-electron chi connectivity index (χ3n) is 3.85. The summed E-state index contributed by atoms with van der Waals surface area (Å²) in [5.41, 5.74) is 0.584. The molecular formula is C18H22N4O4. The van der Waals surface area contributed by atoms with Crippen LogP contribution in [0.15, 0.2) is 36.0 Å². The SMILES string of the molecule is CCOc1ccc(NC(=O)/C(C#N)=C\N2CCN(C(=O)OC)CC2)cc1. The van der Waals surface area contributed by atoms with Crippen LogP contribution in [0.3, 0.4) is 0 Å². The van der Waals surface area contributed by atoms with Crippen molar-refractivity contribution in [1.29, 1.82) is 5.26 Å². The number of nitrogens with one attached hydrogen (secondary N) is 1. The number of hydrogen-bond acceptors (Lipinski definition) is 6. The fraction of sp³-hybridized carbons (Fsp3) is 0.389. The Labute approximate surface area is 152 Å². The first-order valence-electron chi connectivity index (χ1n) is 8.30. The summed E-state index contributed by atoms with van der Waals surface area (Å²) in [5, 5.41) is 12.0. The van der Waals surface area contributed by atoms with Gasteiger partial charge in [0.25, 0.3) is 5.91 Å². The Bertz CT molecular complexity index is 701. The molecule has 1 aliphatic heterocycles. The Kier molecular flexibility index (Phi) is 6.85. The number of carbonyl (C=O) groups excluding carboxylic acids is 2. The van der Waals surface area contributed by atoms with Gasteiger partial charge in [-0.25, -0.2) is 4.79 Å². The summed E-state index contributed by atoms with van der Waals surface area (Å²) >= 11 is 0. The number of methoxy groups -OCH3 is 1. The Morgan fingerprint density at radius 2 is 1.88 bits per heavy atom. The van der Waals surface area contributed by atoms with Crippen molar-refractivity contribution in [3.8, 4) is 11.8 Å². The van der Waals surface area contributed by atoms with Gasteiger partial charge in [0.15, 0.2) is 0 Å². The van der Waals surface area contributed by atoms with Crippen LogP contribution in [0.25, 0.3) is 0 Å². The number of amides is 2. The van der Waals surface area contributed by atoms with Crippen molar-refractivity contribution >= 4 is 17.7 Å². The van der Waals surface area contributed by atoms with Gasteiger partial charge in [0.05, 0.1) is 13.7 Å². The van der Waals surface area contributed by atoms with Crippen molar-refractivity contribution in [1.82, 2.24) is 9.80 Å². The summed E-state index contributed by atoms with van der Waals surface area (Å²) in [4.78, 5) is 27.2. The van der Waals surface area contributed by atoms with Gasteiger partial charge >= 0.3 is 6.09 Å². The number of anilines is 1. The molecule has 1 fully saturated rings. The molecule has 0 spiro atoms. The normalized spacial score (nSPS) is 14.4. The second-order valence-corrected chi connectivity index (χ2v) is 5.56. The lowest BCUT2D eigenvalue weighted by Gasteiger charge is -2.33. The highest BCUT2D eigenvalue weighted by Gasteiger charge is 2.21. The summed E-state index contributed by atoms with van der Waals surface area (Å²) in [6, 6.07) is 8.86. The van der Waals surface area contributed by atoms with Crippen molar-refractivity contribution in [3.63, 3.8) is 0 Å². The number of nitrogens with zero attached hydrogens (tertiary/aromatic N) is 3. The van der Waals surface area contributed by atoms with Crippen molar-refractivity contribution in [2.24, 2.45) is 0 Å². The molecule has 138 valence electrons. The van der Waals surface area contributed by atoms with Crippen LogP contribution in [0.4, 0.5) is 10.5 Å². The molecule has 2 amide bonds. The third-order valence-corrected chi connectivity index (χ3v) is 3.85. The van der Waals surface area contributed by atoms with E-state index in [4.69, 9.17) is 4.74 Å². The zero-order valence-corrected chi connectivity index (χ0v) is 14.9. The minimum absolute atomic E-state index is 0.00500. The topological polar surface area (TPSA) is 94.9 Å². The molecule has 1 aromatic carbocycles. The summed E-state index contributed by atoms with van der Waals surface area (Å²) in [6.45, 7) is 4.46. The predicted molar refractivity (Wildman–Crippen MR) is 95.5 cm³/mol. The summed E-state index contributed by atoms with van der Waals surface area (Å²) in [5.74, 6) is 0.233. The monoisotopic (exact) mass is 358 g/mol. The molecule has 0 aliphatic carbocycles. The van der Waals surface area contributed by atoms with Crippen LogP contribution in [0.5, 0.6) is 5.75 Å². The molecule has 1 heterocycles. The molecule has 1 aliphatic rings. The van der Waals surface area contributed by atoms with E-state index in [-0.39, 0.29) is 11.7 Å². The Hall–Kier alpha value is -3.21. The number of carbonyl (C=O) groups is 2. The second-order valence-electron chi connectivity index (χ2n) is 5.56. The molecular weight excluding hydrogens is 336 g/mol. The molecule has 1 saturated heterocycles. The molecule has 8 heteroatoms. The maximum Gasteiger partial charge on any atom is 0.409 e. The zero-order chi connectivity index (χ0) is 18.9. The number of benzene rings is 1. The second kappa shape index (κ2) is 9.32. The minimum atomic E-state index is -0.480. The number of ether oxygens (including phenoxy) is 2. The highest BCUT2D eigenvalue weighted by Crippen LogP contribution is 2.16. The first kappa shape index (κ1) is 19.1. The Morgan fingerprint density at radius 3 is 2.42 bits per heavy atom. The van der Waals surface area contributed by atoms with E-state index in [1.807, 2.05) is 17.9 Å². The molecule has 1 aromatic rings. The van der Waals surface area contributed by atoms with Crippen LogP contribution in [0.1, 0.15) is 6.92 Å². The Morgan fingerprint density at radius 1 is 1.23 bits per heavy atom. The number of rotatable bonds is 5. The van der Waals surface area contributed by atoms with E-state index < -0.39 is 5.91 Å². The van der Waals surface area contributed by atoms with Gasteiger partial charge in [-0.3, -0.25) is 4.79 Å². The van der Waals surface area contributed by atoms with Gasteiger partial charge in [0.2, 0.25) is 0 Å². The maximum absolute atomic E-state index is 12.3. The minimum Gasteiger partial charge on any atom is -0.494 e. The first-order valence-corrected chi connectivity index (χ1v) is 8.30. The molecule has 0 radical (unpaired) electrons. The smallest absolute Gasteiger partial charge is 0.409 e. The molecule has 0 bridgehead atoms. The molecule has 0 saturated carbocycles. The molecule has 0 aromatic heterocycles. The summed E-state index contributed by atoms with van der Waals surface area (Å²) in [7, 11) is 1.34. The van der Waals surface area contributed by atoms with E-state index in [0.717, 1.165) is 0 Å².